The average molecular weight is 375 g/mol. The number of aromatic nitrogens is 2. The standard InChI is InChI=1S/C22H21N3O3/c1-13-11-16(9-10-20(13)26)19-12-18(24-22(28)25-19)14-5-7-15(8-6-14)21(27)23-17-3-2-4-17/h5-12,17,26H,2-4H2,1H3,(H,23,27)(H,24,25,28). The Balaban J connectivity index is 1.61. The number of nitrogens with zero attached hydrogens (tertiary/aromatic N) is 1. The number of aromatic amines is 1. The average Bonchev–Trinajstić information content (AvgIpc) is 2.66. The number of carbonyl (C=O) groups is 1. The minimum atomic E-state index is -0.454. The molecule has 4 rings (SSSR count). The van der Waals surface area contributed by atoms with Crippen LogP contribution in [-0.2, 0) is 0 Å². The van der Waals surface area contributed by atoms with Gasteiger partial charge in [-0.15, -0.1) is 0 Å². The van der Waals surface area contributed by atoms with Crippen LogP contribution in [0.1, 0.15) is 35.2 Å². The Bertz CT molecular complexity index is 1080. The van der Waals surface area contributed by atoms with Crippen LogP contribution < -0.4 is 11.0 Å². The number of amides is 1. The summed E-state index contributed by atoms with van der Waals surface area (Å²) in [5.74, 6) is 0.129. The van der Waals surface area contributed by atoms with Crippen LogP contribution >= 0.6 is 0 Å². The third kappa shape index (κ3) is 3.67. The molecule has 0 unspecified atom stereocenters. The summed E-state index contributed by atoms with van der Waals surface area (Å²) in [6.45, 7) is 1.79. The van der Waals surface area contributed by atoms with Crippen LogP contribution in [0.4, 0.5) is 0 Å². The second-order valence-corrected chi connectivity index (χ2v) is 7.17. The lowest BCUT2D eigenvalue weighted by Gasteiger charge is -2.26. The van der Waals surface area contributed by atoms with E-state index in [-0.39, 0.29) is 11.7 Å². The van der Waals surface area contributed by atoms with Gasteiger partial charge in [-0.25, -0.2) is 4.79 Å². The van der Waals surface area contributed by atoms with Crippen LogP contribution in [0.25, 0.3) is 22.5 Å². The van der Waals surface area contributed by atoms with E-state index in [1.807, 2.05) is 12.1 Å². The fourth-order valence-electron chi connectivity index (χ4n) is 3.20. The lowest BCUT2D eigenvalue weighted by Crippen LogP contribution is -2.39. The molecule has 6 heteroatoms. The summed E-state index contributed by atoms with van der Waals surface area (Å²) >= 11 is 0. The zero-order valence-corrected chi connectivity index (χ0v) is 15.5. The molecule has 1 heterocycles. The number of H-pyrrole nitrogens is 1. The number of aromatic hydroxyl groups is 1. The second-order valence-electron chi connectivity index (χ2n) is 7.17. The summed E-state index contributed by atoms with van der Waals surface area (Å²) < 4.78 is 0. The third-order valence-corrected chi connectivity index (χ3v) is 5.14. The van der Waals surface area contributed by atoms with Gasteiger partial charge in [-0.2, -0.15) is 4.98 Å². The van der Waals surface area contributed by atoms with Gasteiger partial charge in [-0.3, -0.25) is 4.79 Å². The van der Waals surface area contributed by atoms with E-state index in [4.69, 9.17) is 0 Å². The van der Waals surface area contributed by atoms with E-state index in [9.17, 15) is 14.7 Å². The molecule has 0 aliphatic heterocycles. The fraction of sp³-hybridized carbons (Fsp3) is 0.227. The SMILES string of the molecule is Cc1cc(-c2cc(-c3ccc(C(=O)NC4CCC4)cc3)[nH]c(=O)n2)ccc1O. The van der Waals surface area contributed by atoms with E-state index in [0.717, 1.165) is 24.0 Å². The number of phenols is 1. The molecule has 28 heavy (non-hydrogen) atoms. The largest absolute Gasteiger partial charge is 0.508 e. The number of hydrogen-bond acceptors (Lipinski definition) is 4. The Labute approximate surface area is 162 Å². The molecule has 0 spiro atoms. The highest BCUT2D eigenvalue weighted by molar-refractivity contribution is 5.94. The number of aryl methyl sites for hydroxylation is 1. The number of rotatable bonds is 4. The number of benzene rings is 2. The Kier molecular flexibility index (Phi) is 4.69. The highest BCUT2D eigenvalue weighted by Crippen LogP contribution is 2.26. The summed E-state index contributed by atoms with van der Waals surface area (Å²) in [4.78, 5) is 31.1. The molecular weight excluding hydrogens is 354 g/mol. The van der Waals surface area contributed by atoms with Crippen LogP contribution in [0.5, 0.6) is 5.75 Å². The molecule has 3 aromatic rings. The van der Waals surface area contributed by atoms with E-state index >= 15 is 0 Å². The maximum Gasteiger partial charge on any atom is 0.345 e. The number of phenolic OH excluding ortho intramolecular Hbond substituents is 1. The van der Waals surface area contributed by atoms with Gasteiger partial charge < -0.3 is 15.4 Å². The molecule has 1 aromatic heterocycles. The van der Waals surface area contributed by atoms with Crippen LogP contribution in [0.15, 0.2) is 53.3 Å². The van der Waals surface area contributed by atoms with E-state index in [0.29, 0.717) is 28.6 Å². The smallest absolute Gasteiger partial charge is 0.345 e. The van der Waals surface area contributed by atoms with Crippen molar-refractivity contribution in [3.8, 4) is 28.3 Å². The Hall–Kier alpha value is -3.41. The van der Waals surface area contributed by atoms with Gasteiger partial charge in [0.15, 0.2) is 0 Å². The van der Waals surface area contributed by atoms with Gasteiger partial charge in [0.05, 0.1) is 11.4 Å². The van der Waals surface area contributed by atoms with Crippen molar-refractivity contribution < 1.29 is 9.90 Å². The predicted octanol–water partition coefficient (Wildman–Crippen LogP) is 3.40. The maximum absolute atomic E-state index is 12.2. The van der Waals surface area contributed by atoms with Gasteiger partial charge >= 0.3 is 5.69 Å². The highest BCUT2D eigenvalue weighted by atomic mass is 16.3. The van der Waals surface area contributed by atoms with Gasteiger partial charge in [0.2, 0.25) is 0 Å². The Morgan fingerprint density at radius 2 is 1.82 bits per heavy atom. The summed E-state index contributed by atoms with van der Waals surface area (Å²) in [6.07, 6.45) is 3.26. The second kappa shape index (κ2) is 7.31. The van der Waals surface area contributed by atoms with Crippen molar-refractivity contribution in [2.45, 2.75) is 32.2 Å². The summed E-state index contributed by atoms with van der Waals surface area (Å²) in [5.41, 5.74) is 3.53. The molecule has 0 atom stereocenters. The minimum absolute atomic E-state index is 0.0697. The third-order valence-electron chi connectivity index (χ3n) is 5.14. The van der Waals surface area contributed by atoms with Gasteiger partial charge in [0, 0.05) is 17.2 Å². The van der Waals surface area contributed by atoms with Crippen molar-refractivity contribution in [2.75, 3.05) is 0 Å². The van der Waals surface area contributed by atoms with Crippen molar-refractivity contribution in [1.29, 1.82) is 0 Å². The summed E-state index contributed by atoms with van der Waals surface area (Å²) in [5, 5.41) is 12.7. The molecule has 1 fully saturated rings. The van der Waals surface area contributed by atoms with Gasteiger partial charge in [-0.05, 0) is 73.7 Å². The molecule has 1 amide bonds. The first-order valence-electron chi connectivity index (χ1n) is 9.32. The lowest BCUT2D eigenvalue weighted by molar-refractivity contribution is 0.0917. The van der Waals surface area contributed by atoms with Crippen LogP contribution in [0, 0.1) is 6.92 Å². The molecular formula is C22H21N3O3. The van der Waals surface area contributed by atoms with Gasteiger partial charge in [0.1, 0.15) is 5.75 Å². The maximum atomic E-state index is 12.2. The topological polar surface area (TPSA) is 95.1 Å². The molecule has 142 valence electrons. The summed E-state index contributed by atoms with van der Waals surface area (Å²) in [7, 11) is 0. The first kappa shape index (κ1) is 18.0. The molecule has 0 radical (unpaired) electrons. The first-order chi connectivity index (χ1) is 13.5. The molecule has 3 N–H and O–H groups in total. The van der Waals surface area contributed by atoms with Crippen molar-refractivity contribution in [3.63, 3.8) is 0 Å². The number of carbonyl (C=O) groups excluding carboxylic acids is 1. The van der Waals surface area contributed by atoms with E-state index in [1.54, 1.807) is 43.3 Å². The number of hydrogen-bond donors (Lipinski definition) is 3. The molecule has 6 nitrogen and oxygen atoms in total. The fourth-order valence-corrected chi connectivity index (χ4v) is 3.20. The highest BCUT2D eigenvalue weighted by Gasteiger charge is 2.20. The van der Waals surface area contributed by atoms with Gasteiger partial charge in [0.25, 0.3) is 5.91 Å². The van der Waals surface area contributed by atoms with Crippen molar-refractivity contribution in [2.24, 2.45) is 0 Å². The van der Waals surface area contributed by atoms with E-state index in [2.05, 4.69) is 15.3 Å². The minimum Gasteiger partial charge on any atom is -0.508 e. The molecule has 0 bridgehead atoms. The van der Waals surface area contributed by atoms with E-state index in [1.165, 1.54) is 6.42 Å². The molecule has 1 aliphatic rings. The van der Waals surface area contributed by atoms with Crippen molar-refractivity contribution in [3.05, 3.63) is 70.1 Å². The zero-order valence-electron chi connectivity index (χ0n) is 15.5. The molecule has 0 saturated heterocycles. The van der Waals surface area contributed by atoms with Crippen LogP contribution in [-0.4, -0.2) is 27.0 Å². The molecule has 1 aliphatic carbocycles. The van der Waals surface area contributed by atoms with Crippen molar-refractivity contribution >= 4 is 5.91 Å². The normalized spacial score (nSPS) is 13.8. The molecule has 2 aromatic carbocycles. The monoisotopic (exact) mass is 375 g/mol. The first-order valence-corrected chi connectivity index (χ1v) is 9.32. The summed E-state index contributed by atoms with van der Waals surface area (Å²) in [6, 6.07) is 14.3. The Morgan fingerprint density at radius 1 is 1.11 bits per heavy atom. The zero-order chi connectivity index (χ0) is 19.7. The molecule has 1 saturated carbocycles. The predicted molar refractivity (Wildman–Crippen MR) is 107 cm³/mol. The Morgan fingerprint density at radius 3 is 2.46 bits per heavy atom. The number of nitrogens with one attached hydrogen (secondary N) is 2. The quantitative estimate of drug-likeness (QED) is 0.651. The van der Waals surface area contributed by atoms with Gasteiger partial charge in [-0.1, -0.05) is 12.1 Å². The van der Waals surface area contributed by atoms with E-state index < -0.39 is 5.69 Å². The van der Waals surface area contributed by atoms with Crippen LogP contribution in [0.3, 0.4) is 0 Å². The van der Waals surface area contributed by atoms with Crippen molar-refractivity contribution in [1.82, 2.24) is 15.3 Å². The van der Waals surface area contributed by atoms with Crippen LogP contribution in [0.2, 0.25) is 0 Å². The lowest BCUT2D eigenvalue weighted by atomic mass is 9.93.